The molecule has 0 amide bonds. The zero-order chi connectivity index (χ0) is 14.7. The summed E-state index contributed by atoms with van der Waals surface area (Å²) in [7, 11) is 0. The lowest BCUT2D eigenvalue weighted by Gasteiger charge is -2.29. The monoisotopic (exact) mass is 282 g/mol. The SMILES string of the molecule is O=Cc1ccc(OCC(=O)OC2Cc3ccccc32)cc1. The van der Waals surface area contributed by atoms with Crippen LogP contribution in [-0.4, -0.2) is 18.9 Å². The molecule has 0 N–H and O–H groups in total. The van der Waals surface area contributed by atoms with Crippen molar-refractivity contribution in [3.63, 3.8) is 0 Å². The van der Waals surface area contributed by atoms with Gasteiger partial charge >= 0.3 is 5.97 Å². The smallest absolute Gasteiger partial charge is 0.344 e. The molecule has 0 fully saturated rings. The largest absolute Gasteiger partial charge is 0.482 e. The first-order valence-corrected chi connectivity index (χ1v) is 6.71. The average Bonchev–Trinajstić information content (AvgIpc) is 2.51. The summed E-state index contributed by atoms with van der Waals surface area (Å²) < 4.78 is 10.7. The molecule has 2 aromatic rings. The Labute approximate surface area is 122 Å². The van der Waals surface area contributed by atoms with E-state index in [1.165, 1.54) is 5.56 Å². The van der Waals surface area contributed by atoms with Gasteiger partial charge in [0.25, 0.3) is 0 Å². The minimum Gasteiger partial charge on any atom is -0.482 e. The van der Waals surface area contributed by atoms with Crippen molar-refractivity contribution in [3.05, 3.63) is 65.2 Å². The van der Waals surface area contributed by atoms with Crippen molar-refractivity contribution >= 4 is 12.3 Å². The summed E-state index contributed by atoms with van der Waals surface area (Å²) in [6.45, 7) is -0.140. The molecule has 4 heteroatoms. The first kappa shape index (κ1) is 13.4. The first-order valence-electron chi connectivity index (χ1n) is 6.71. The second-order valence-electron chi connectivity index (χ2n) is 4.86. The summed E-state index contributed by atoms with van der Waals surface area (Å²) in [5.74, 6) is 0.139. The van der Waals surface area contributed by atoms with Crippen molar-refractivity contribution < 1.29 is 19.1 Å². The Balaban J connectivity index is 1.50. The summed E-state index contributed by atoms with van der Waals surface area (Å²) in [5, 5.41) is 0. The quantitative estimate of drug-likeness (QED) is 0.625. The Morgan fingerprint density at radius 1 is 1.14 bits per heavy atom. The first-order chi connectivity index (χ1) is 10.3. The fourth-order valence-corrected chi connectivity index (χ4v) is 2.30. The van der Waals surface area contributed by atoms with Crippen molar-refractivity contribution in [1.29, 1.82) is 0 Å². The summed E-state index contributed by atoms with van der Waals surface area (Å²) in [4.78, 5) is 22.3. The lowest BCUT2D eigenvalue weighted by Crippen LogP contribution is -2.25. The Kier molecular flexibility index (Phi) is 3.69. The number of carbonyl (C=O) groups excluding carboxylic acids is 2. The van der Waals surface area contributed by atoms with Gasteiger partial charge in [-0.15, -0.1) is 0 Å². The lowest BCUT2D eigenvalue weighted by molar-refractivity contribution is -0.153. The van der Waals surface area contributed by atoms with Gasteiger partial charge in [-0.3, -0.25) is 4.79 Å². The fraction of sp³-hybridized carbons (Fsp3) is 0.176. The van der Waals surface area contributed by atoms with Gasteiger partial charge in [0, 0.05) is 12.0 Å². The summed E-state index contributed by atoms with van der Waals surface area (Å²) in [6.07, 6.45) is 1.36. The standard InChI is InChI=1S/C17H14O4/c18-10-12-5-7-14(8-6-12)20-11-17(19)21-16-9-13-3-1-2-4-15(13)16/h1-8,10,16H,9,11H2. The number of ether oxygens (including phenoxy) is 2. The predicted molar refractivity (Wildman–Crippen MR) is 76.3 cm³/mol. The lowest BCUT2D eigenvalue weighted by atomic mass is 9.85. The fourth-order valence-electron chi connectivity index (χ4n) is 2.30. The van der Waals surface area contributed by atoms with Crippen LogP contribution in [0.4, 0.5) is 0 Å². The normalized spacial score (nSPS) is 15.5. The van der Waals surface area contributed by atoms with E-state index in [-0.39, 0.29) is 12.7 Å². The van der Waals surface area contributed by atoms with Crippen LogP contribution in [0.3, 0.4) is 0 Å². The molecule has 0 saturated carbocycles. The van der Waals surface area contributed by atoms with E-state index >= 15 is 0 Å². The highest BCUT2D eigenvalue weighted by atomic mass is 16.6. The van der Waals surface area contributed by atoms with Gasteiger partial charge in [-0.1, -0.05) is 24.3 Å². The molecule has 0 heterocycles. The van der Waals surface area contributed by atoms with Crippen molar-refractivity contribution in [1.82, 2.24) is 0 Å². The van der Waals surface area contributed by atoms with E-state index < -0.39 is 5.97 Å². The van der Waals surface area contributed by atoms with Gasteiger partial charge < -0.3 is 9.47 Å². The van der Waals surface area contributed by atoms with Crippen LogP contribution in [0.5, 0.6) is 5.75 Å². The molecule has 1 aliphatic rings. The van der Waals surface area contributed by atoms with E-state index in [1.54, 1.807) is 24.3 Å². The molecule has 1 atom stereocenters. The van der Waals surface area contributed by atoms with Crippen molar-refractivity contribution in [2.75, 3.05) is 6.61 Å². The van der Waals surface area contributed by atoms with E-state index in [9.17, 15) is 9.59 Å². The Hall–Kier alpha value is -2.62. The molecule has 1 unspecified atom stereocenters. The summed E-state index contributed by atoms with van der Waals surface area (Å²) in [5.41, 5.74) is 2.86. The number of rotatable bonds is 5. The molecule has 4 nitrogen and oxygen atoms in total. The highest BCUT2D eigenvalue weighted by molar-refractivity contribution is 5.75. The molecular weight excluding hydrogens is 268 g/mol. The third kappa shape index (κ3) is 2.94. The van der Waals surface area contributed by atoms with Crippen molar-refractivity contribution in [2.45, 2.75) is 12.5 Å². The Bertz CT molecular complexity index is 661. The van der Waals surface area contributed by atoms with Gasteiger partial charge in [0.15, 0.2) is 6.61 Å². The van der Waals surface area contributed by atoms with Gasteiger partial charge in [0.2, 0.25) is 0 Å². The number of hydrogen-bond acceptors (Lipinski definition) is 4. The van der Waals surface area contributed by atoms with Gasteiger partial charge in [-0.2, -0.15) is 0 Å². The third-order valence-electron chi connectivity index (χ3n) is 3.45. The zero-order valence-electron chi connectivity index (χ0n) is 11.3. The maximum Gasteiger partial charge on any atom is 0.344 e. The number of benzene rings is 2. The van der Waals surface area contributed by atoms with Crippen LogP contribution >= 0.6 is 0 Å². The van der Waals surface area contributed by atoms with E-state index in [0.29, 0.717) is 11.3 Å². The van der Waals surface area contributed by atoms with Crippen molar-refractivity contribution in [3.8, 4) is 5.75 Å². The molecule has 106 valence electrons. The molecular formula is C17H14O4. The molecule has 2 aromatic carbocycles. The molecule has 0 saturated heterocycles. The number of esters is 1. The van der Waals surface area contributed by atoms with Crippen LogP contribution < -0.4 is 4.74 Å². The molecule has 0 spiro atoms. The van der Waals surface area contributed by atoms with E-state index in [1.807, 2.05) is 24.3 Å². The van der Waals surface area contributed by atoms with Gasteiger partial charge in [-0.25, -0.2) is 4.79 Å². The minimum atomic E-state index is -0.394. The van der Waals surface area contributed by atoms with Crippen LogP contribution in [0, 0.1) is 0 Å². The second kappa shape index (κ2) is 5.79. The zero-order valence-corrected chi connectivity index (χ0v) is 11.3. The van der Waals surface area contributed by atoms with Crippen LogP contribution in [0.1, 0.15) is 27.6 Å². The van der Waals surface area contributed by atoms with Gasteiger partial charge in [-0.05, 0) is 35.4 Å². The number of hydrogen-bond donors (Lipinski definition) is 0. The minimum absolute atomic E-state index is 0.140. The molecule has 0 aromatic heterocycles. The number of fused-ring (bicyclic) bond motifs is 1. The molecule has 0 radical (unpaired) electrons. The van der Waals surface area contributed by atoms with E-state index in [4.69, 9.17) is 9.47 Å². The van der Waals surface area contributed by atoms with E-state index in [2.05, 4.69) is 0 Å². The highest BCUT2D eigenvalue weighted by Crippen LogP contribution is 2.35. The summed E-state index contributed by atoms with van der Waals surface area (Å²) >= 11 is 0. The second-order valence-corrected chi connectivity index (χ2v) is 4.86. The number of carbonyl (C=O) groups is 2. The van der Waals surface area contributed by atoms with Crippen LogP contribution in [0.2, 0.25) is 0 Å². The number of aldehydes is 1. The molecule has 0 aliphatic heterocycles. The summed E-state index contributed by atoms with van der Waals surface area (Å²) in [6, 6.07) is 14.5. The van der Waals surface area contributed by atoms with E-state index in [0.717, 1.165) is 18.3 Å². The van der Waals surface area contributed by atoms with Crippen LogP contribution in [0.15, 0.2) is 48.5 Å². The molecule has 3 rings (SSSR count). The Morgan fingerprint density at radius 3 is 2.62 bits per heavy atom. The average molecular weight is 282 g/mol. The molecule has 1 aliphatic carbocycles. The van der Waals surface area contributed by atoms with Gasteiger partial charge in [0.05, 0.1) is 0 Å². The molecule has 21 heavy (non-hydrogen) atoms. The topological polar surface area (TPSA) is 52.6 Å². The third-order valence-corrected chi connectivity index (χ3v) is 3.45. The maximum atomic E-state index is 11.7. The Morgan fingerprint density at radius 2 is 1.90 bits per heavy atom. The molecule has 0 bridgehead atoms. The maximum absolute atomic E-state index is 11.7. The van der Waals surface area contributed by atoms with Crippen LogP contribution in [0.25, 0.3) is 0 Å². The van der Waals surface area contributed by atoms with Gasteiger partial charge in [0.1, 0.15) is 18.1 Å². The van der Waals surface area contributed by atoms with Crippen LogP contribution in [-0.2, 0) is 16.0 Å². The predicted octanol–water partition coefficient (Wildman–Crippen LogP) is 2.72. The van der Waals surface area contributed by atoms with Crippen molar-refractivity contribution in [2.24, 2.45) is 0 Å². The highest BCUT2D eigenvalue weighted by Gasteiger charge is 2.28.